The molecule has 5 heteroatoms. The van der Waals surface area contributed by atoms with Gasteiger partial charge in [-0.2, -0.15) is 0 Å². The molecule has 4 rings (SSSR count). The van der Waals surface area contributed by atoms with E-state index in [9.17, 15) is 0 Å². The maximum atomic E-state index is 4.70. The molecule has 3 heterocycles. The third kappa shape index (κ3) is 3.22. The van der Waals surface area contributed by atoms with Crippen molar-refractivity contribution in [2.45, 2.75) is 26.2 Å². The number of nitrogens with zero attached hydrogens (tertiary/aromatic N) is 5. The van der Waals surface area contributed by atoms with Crippen LogP contribution >= 0.6 is 0 Å². The number of aryl methyl sites for hydroxylation is 2. The summed E-state index contributed by atoms with van der Waals surface area (Å²) in [6.07, 6.45) is 8.01. The van der Waals surface area contributed by atoms with E-state index in [0.29, 0.717) is 5.92 Å². The first kappa shape index (κ1) is 15.7. The molecule has 0 amide bonds. The van der Waals surface area contributed by atoms with E-state index >= 15 is 0 Å². The van der Waals surface area contributed by atoms with Crippen LogP contribution in [0.5, 0.6) is 0 Å². The van der Waals surface area contributed by atoms with Crippen LogP contribution in [-0.4, -0.2) is 33.0 Å². The van der Waals surface area contributed by atoms with Crippen molar-refractivity contribution >= 4 is 5.95 Å². The predicted octanol–water partition coefficient (Wildman–Crippen LogP) is 3.54. The van der Waals surface area contributed by atoms with Gasteiger partial charge in [-0.25, -0.2) is 9.97 Å². The van der Waals surface area contributed by atoms with Crippen molar-refractivity contribution in [3.8, 4) is 11.4 Å². The number of rotatable bonds is 3. The Morgan fingerprint density at radius 3 is 2.72 bits per heavy atom. The first-order valence-electron chi connectivity index (χ1n) is 8.62. The van der Waals surface area contributed by atoms with E-state index in [2.05, 4.69) is 51.9 Å². The molecule has 3 aromatic rings. The molecule has 0 N–H and O–H groups in total. The highest BCUT2D eigenvalue weighted by molar-refractivity contribution is 5.54. The first-order chi connectivity index (χ1) is 12.2. The molecule has 0 radical (unpaired) electrons. The summed E-state index contributed by atoms with van der Waals surface area (Å²) in [7, 11) is 0. The lowest BCUT2D eigenvalue weighted by Gasteiger charge is -2.18. The standard InChI is InChI=1S/C20H21N5/c1-14-3-4-17(15(2)11-14)16-6-10-25(13-16)20-23-7-5-18(24-20)19-12-21-8-9-22-19/h3-5,7-9,11-12,16H,6,10,13H2,1-2H3. The summed E-state index contributed by atoms with van der Waals surface area (Å²) >= 11 is 0. The van der Waals surface area contributed by atoms with Crippen LogP contribution < -0.4 is 4.90 Å². The molecule has 1 saturated heterocycles. The van der Waals surface area contributed by atoms with Crippen LogP contribution in [0.1, 0.15) is 29.0 Å². The van der Waals surface area contributed by atoms with Crippen molar-refractivity contribution in [2.75, 3.05) is 18.0 Å². The second-order valence-corrected chi connectivity index (χ2v) is 6.62. The van der Waals surface area contributed by atoms with Gasteiger partial charge in [-0.3, -0.25) is 9.97 Å². The summed E-state index contributed by atoms with van der Waals surface area (Å²) in [6.45, 7) is 6.27. The average molecular weight is 331 g/mol. The van der Waals surface area contributed by atoms with Gasteiger partial charge in [-0.05, 0) is 37.5 Å². The van der Waals surface area contributed by atoms with Gasteiger partial charge in [0.15, 0.2) is 0 Å². The molecule has 0 bridgehead atoms. The van der Waals surface area contributed by atoms with Gasteiger partial charge in [-0.1, -0.05) is 23.8 Å². The van der Waals surface area contributed by atoms with E-state index in [-0.39, 0.29) is 0 Å². The van der Waals surface area contributed by atoms with Crippen molar-refractivity contribution in [1.82, 2.24) is 19.9 Å². The Kier molecular flexibility index (Phi) is 4.14. The van der Waals surface area contributed by atoms with E-state index in [1.54, 1.807) is 24.8 Å². The monoisotopic (exact) mass is 331 g/mol. The van der Waals surface area contributed by atoms with Gasteiger partial charge < -0.3 is 4.90 Å². The zero-order valence-corrected chi connectivity index (χ0v) is 14.6. The van der Waals surface area contributed by atoms with Crippen molar-refractivity contribution in [3.05, 3.63) is 65.7 Å². The normalized spacial score (nSPS) is 17.0. The van der Waals surface area contributed by atoms with Crippen LogP contribution in [0.15, 0.2) is 49.1 Å². The van der Waals surface area contributed by atoms with Gasteiger partial charge in [0.25, 0.3) is 0 Å². The second kappa shape index (κ2) is 6.59. The lowest BCUT2D eigenvalue weighted by atomic mass is 9.93. The molecule has 0 aliphatic carbocycles. The minimum Gasteiger partial charge on any atom is -0.340 e. The van der Waals surface area contributed by atoms with E-state index in [0.717, 1.165) is 36.8 Å². The van der Waals surface area contributed by atoms with Gasteiger partial charge >= 0.3 is 0 Å². The number of hydrogen-bond acceptors (Lipinski definition) is 5. The fourth-order valence-electron chi connectivity index (χ4n) is 3.55. The van der Waals surface area contributed by atoms with E-state index in [4.69, 9.17) is 4.98 Å². The summed E-state index contributed by atoms with van der Waals surface area (Å²) < 4.78 is 0. The third-order valence-corrected chi connectivity index (χ3v) is 4.80. The Hall–Kier alpha value is -2.82. The molecule has 1 aromatic carbocycles. The summed E-state index contributed by atoms with van der Waals surface area (Å²) in [4.78, 5) is 19.9. The summed E-state index contributed by atoms with van der Waals surface area (Å²) in [5, 5.41) is 0. The first-order valence-corrected chi connectivity index (χ1v) is 8.62. The van der Waals surface area contributed by atoms with Crippen LogP contribution in [0, 0.1) is 13.8 Å². The molecule has 1 unspecified atom stereocenters. The molecule has 1 aliphatic heterocycles. The van der Waals surface area contributed by atoms with Gasteiger partial charge in [0.1, 0.15) is 5.69 Å². The largest absolute Gasteiger partial charge is 0.340 e. The molecule has 0 spiro atoms. The molecule has 1 fully saturated rings. The molecule has 25 heavy (non-hydrogen) atoms. The van der Waals surface area contributed by atoms with Gasteiger partial charge in [0.05, 0.1) is 11.9 Å². The molecule has 1 aliphatic rings. The predicted molar refractivity (Wildman–Crippen MR) is 98.5 cm³/mol. The molecule has 1 atom stereocenters. The van der Waals surface area contributed by atoms with Gasteiger partial charge in [0, 0.05) is 37.6 Å². The maximum absolute atomic E-state index is 4.70. The Bertz CT molecular complexity index is 878. The zero-order chi connectivity index (χ0) is 17.2. The van der Waals surface area contributed by atoms with Crippen LogP contribution in [0.2, 0.25) is 0 Å². The number of hydrogen-bond donors (Lipinski definition) is 0. The Morgan fingerprint density at radius 2 is 1.92 bits per heavy atom. The van der Waals surface area contributed by atoms with Crippen LogP contribution in [0.3, 0.4) is 0 Å². The lowest BCUT2D eigenvalue weighted by Crippen LogP contribution is -2.22. The fourth-order valence-corrected chi connectivity index (χ4v) is 3.55. The Balaban J connectivity index is 1.56. The van der Waals surface area contributed by atoms with Crippen molar-refractivity contribution < 1.29 is 0 Å². The molecule has 5 nitrogen and oxygen atoms in total. The molecular formula is C20H21N5. The van der Waals surface area contributed by atoms with E-state index in [1.165, 1.54) is 16.7 Å². The highest BCUT2D eigenvalue weighted by Gasteiger charge is 2.26. The maximum Gasteiger partial charge on any atom is 0.225 e. The third-order valence-electron chi connectivity index (χ3n) is 4.80. The Labute approximate surface area is 147 Å². The molecule has 126 valence electrons. The quantitative estimate of drug-likeness (QED) is 0.735. The van der Waals surface area contributed by atoms with Crippen molar-refractivity contribution in [1.29, 1.82) is 0 Å². The molecule has 2 aromatic heterocycles. The Morgan fingerprint density at radius 1 is 1.00 bits per heavy atom. The summed E-state index contributed by atoms with van der Waals surface area (Å²) in [5.74, 6) is 1.31. The second-order valence-electron chi connectivity index (χ2n) is 6.62. The number of anilines is 1. The number of aromatic nitrogens is 4. The van der Waals surface area contributed by atoms with Crippen LogP contribution in [0.25, 0.3) is 11.4 Å². The van der Waals surface area contributed by atoms with E-state index in [1.807, 2.05) is 6.07 Å². The number of benzene rings is 1. The average Bonchev–Trinajstić information content (AvgIpc) is 3.12. The minimum atomic E-state index is 0.532. The van der Waals surface area contributed by atoms with Crippen molar-refractivity contribution in [2.24, 2.45) is 0 Å². The fraction of sp³-hybridized carbons (Fsp3) is 0.300. The van der Waals surface area contributed by atoms with Gasteiger partial charge in [-0.15, -0.1) is 0 Å². The lowest BCUT2D eigenvalue weighted by molar-refractivity contribution is 0.766. The smallest absolute Gasteiger partial charge is 0.225 e. The molecular weight excluding hydrogens is 310 g/mol. The van der Waals surface area contributed by atoms with E-state index < -0.39 is 0 Å². The minimum absolute atomic E-state index is 0.532. The zero-order valence-electron chi connectivity index (χ0n) is 14.6. The topological polar surface area (TPSA) is 54.8 Å². The summed E-state index contributed by atoms with van der Waals surface area (Å²) in [6, 6.07) is 8.63. The van der Waals surface area contributed by atoms with Crippen LogP contribution in [-0.2, 0) is 0 Å². The van der Waals surface area contributed by atoms with Gasteiger partial charge in [0.2, 0.25) is 5.95 Å². The van der Waals surface area contributed by atoms with Crippen molar-refractivity contribution in [3.63, 3.8) is 0 Å². The highest BCUT2D eigenvalue weighted by Crippen LogP contribution is 2.31. The van der Waals surface area contributed by atoms with Crippen LogP contribution in [0.4, 0.5) is 5.95 Å². The molecule has 0 saturated carbocycles. The SMILES string of the molecule is Cc1ccc(C2CCN(c3nccc(-c4cnccn4)n3)C2)c(C)c1. The highest BCUT2D eigenvalue weighted by atomic mass is 15.3. The summed E-state index contributed by atoms with van der Waals surface area (Å²) in [5.41, 5.74) is 5.72.